The van der Waals surface area contributed by atoms with E-state index in [1.807, 2.05) is 12.1 Å². The van der Waals surface area contributed by atoms with E-state index in [-0.39, 0.29) is 22.1 Å². The Balaban J connectivity index is 2.16. The third-order valence-corrected chi connectivity index (χ3v) is 4.52. The van der Waals surface area contributed by atoms with Crippen LogP contribution in [0.15, 0.2) is 63.7 Å². The number of fused-ring (bicyclic) bond motifs is 1. The second-order valence-electron chi connectivity index (χ2n) is 5.10. The summed E-state index contributed by atoms with van der Waals surface area (Å²) in [4.78, 5) is -0.781. The highest BCUT2D eigenvalue weighted by atomic mass is 35.5. The second kappa shape index (κ2) is 6.32. The number of phenolic OH excluding ortho intramolecular Hbond substituents is 2. The second-order valence-corrected chi connectivity index (χ2v) is 6.93. The van der Waals surface area contributed by atoms with E-state index >= 15 is 0 Å². The Morgan fingerprint density at radius 1 is 0.960 bits per heavy atom. The molecule has 7 nitrogen and oxygen atoms in total. The normalized spacial score (nSPS) is 12.1. The smallest absolute Gasteiger partial charge is 0.298 e. The zero-order chi connectivity index (χ0) is 18.2. The first-order valence-corrected chi connectivity index (χ1v) is 8.71. The van der Waals surface area contributed by atoms with Gasteiger partial charge in [-0.1, -0.05) is 41.9 Å². The third-order valence-electron chi connectivity index (χ3n) is 3.43. The maximum Gasteiger partial charge on any atom is 0.298 e. The van der Waals surface area contributed by atoms with Crippen molar-refractivity contribution in [1.29, 1.82) is 0 Å². The average molecular weight is 379 g/mol. The number of nitrogens with zero attached hydrogens (tertiary/aromatic N) is 2. The van der Waals surface area contributed by atoms with Crippen LogP contribution in [0.1, 0.15) is 0 Å². The summed E-state index contributed by atoms with van der Waals surface area (Å²) in [6.45, 7) is 0. The number of halogens is 1. The van der Waals surface area contributed by atoms with Gasteiger partial charge in [-0.25, -0.2) is 0 Å². The zero-order valence-corrected chi connectivity index (χ0v) is 14.0. The molecule has 0 atom stereocenters. The zero-order valence-electron chi connectivity index (χ0n) is 12.5. The lowest BCUT2D eigenvalue weighted by atomic mass is 10.1. The Morgan fingerprint density at radius 3 is 2.40 bits per heavy atom. The minimum Gasteiger partial charge on any atom is -0.506 e. The Labute approximate surface area is 147 Å². The average Bonchev–Trinajstić information content (AvgIpc) is 2.55. The molecule has 128 valence electrons. The summed E-state index contributed by atoms with van der Waals surface area (Å²) in [6.07, 6.45) is 0. The number of hydrogen-bond donors (Lipinski definition) is 3. The molecule has 0 heterocycles. The Kier molecular flexibility index (Phi) is 4.34. The molecule has 3 rings (SSSR count). The fourth-order valence-electron chi connectivity index (χ4n) is 2.29. The summed E-state index contributed by atoms with van der Waals surface area (Å²) < 4.78 is 31.7. The van der Waals surface area contributed by atoms with E-state index in [1.165, 1.54) is 12.1 Å². The van der Waals surface area contributed by atoms with Gasteiger partial charge in [-0.15, -0.1) is 10.2 Å². The van der Waals surface area contributed by atoms with E-state index in [1.54, 1.807) is 18.2 Å². The van der Waals surface area contributed by atoms with Crippen molar-refractivity contribution in [3.05, 3.63) is 53.6 Å². The van der Waals surface area contributed by atoms with Gasteiger partial charge in [-0.3, -0.25) is 4.55 Å². The highest BCUT2D eigenvalue weighted by molar-refractivity contribution is 7.86. The largest absolute Gasteiger partial charge is 0.506 e. The molecule has 3 N–H and O–H groups in total. The van der Waals surface area contributed by atoms with E-state index in [0.717, 1.165) is 11.5 Å². The lowest BCUT2D eigenvalue weighted by Crippen LogP contribution is -1.98. The molecule has 0 bridgehead atoms. The van der Waals surface area contributed by atoms with Gasteiger partial charge in [0.05, 0.1) is 0 Å². The fraction of sp³-hybridized carbons (Fsp3) is 0. The van der Waals surface area contributed by atoms with Gasteiger partial charge in [-0.2, -0.15) is 8.42 Å². The SMILES string of the molecule is O=S(=O)(O)c1cc(Cl)cc(N=Nc2c(O)ccc3ccccc23)c1O. The van der Waals surface area contributed by atoms with Crippen LogP contribution >= 0.6 is 11.6 Å². The number of hydrogen-bond acceptors (Lipinski definition) is 6. The molecule has 3 aromatic carbocycles. The van der Waals surface area contributed by atoms with Crippen molar-refractivity contribution in [3.63, 3.8) is 0 Å². The third kappa shape index (κ3) is 3.41. The van der Waals surface area contributed by atoms with Crippen molar-refractivity contribution in [1.82, 2.24) is 0 Å². The van der Waals surface area contributed by atoms with E-state index < -0.39 is 20.8 Å². The molecule has 0 aliphatic heterocycles. The first-order valence-electron chi connectivity index (χ1n) is 6.90. The molecule has 0 saturated carbocycles. The molecular weight excluding hydrogens is 368 g/mol. The van der Waals surface area contributed by atoms with Crippen molar-refractivity contribution in [3.8, 4) is 11.5 Å². The van der Waals surface area contributed by atoms with Crippen molar-refractivity contribution in [2.24, 2.45) is 10.2 Å². The van der Waals surface area contributed by atoms with Crippen LogP contribution < -0.4 is 0 Å². The molecule has 9 heteroatoms. The lowest BCUT2D eigenvalue weighted by Gasteiger charge is -2.06. The van der Waals surface area contributed by atoms with Crippen LogP contribution in [0.25, 0.3) is 10.8 Å². The number of phenols is 2. The summed E-state index contributed by atoms with van der Waals surface area (Å²) >= 11 is 5.80. The van der Waals surface area contributed by atoms with Crippen LogP contribution in [0.5, 0.6) is 11.5 Å². The van der Waals surface area contributed by atoms with Gasteiger partial charge < -0.3 is 10.2 Å². The van der Waals surface area contributed by atoms with Crippen LogP contribution in [0.4, 0.5) is 11.4 Å². The Morgan fingerprint density at radius 2 is 1.68 bits per heavy atom. The van der Waals surface area contributed by atoms with Gasteiger partial charge in [0.15, 0.2) is 5.75 Å². The van der Waals surface area contributed by atoms with Gasteiger partial charge in [0.1, 0.15) is 22.0 Å². The monoisotopic (exact) mass is 378 g/mol. The Bertz CT molecular complexity index is 1110. The standard InChI is InChI=1S/C16H11ClN2O5S/c17-10-7-12(16(21)14(8-10)25(22,23)24)18-19-15-11-4-2-1-3-9(11)5-6-13(15)20/h1-8,20-21H,(H,22,23,24). The minimum atomic E-state index is -4.69. The number of azo groups is 1. The summed E-state index contributed by atoms with van der Waals surface area (Å²) in [5.41, 5.74) is -0.127. The van der Waals surface area contributed by atoms with Gasteiger partial charge in [-0.05, 0) is 23.6 Å². The predicted octanol–water partition coefficient (Wildman–Crippen LogP) is 4.57. The quantitative estimate of drug-likeness (QED) is 0.455. The van der Waals surface area contributed by atoms with Crippen LogP contribution in [-0.2, 0) is 10.1 Å². The molecule has 3 aromatic rings. The fourth-order valence-corrected chi connectivity index (χ4v) is 3.19. The molecule has 0 aliphatic rings. The summed E-state index contributed by atoms with van der Waals surface area (Å²) in [5, 5.41) is 29.1. The summed E-state index contributed by atoms with van der Waals surface area (Å²) in [7, 11) is -4.69. The number of rotatable bonds is 3. The number of benzene rings is 3. The van der Waals surface area contributed by atoms with Crippen LogP contribution in [0.3, 0.4) is 0 Å². The topological polar surface area (TPSA) is 120 Å². The Hall–Kier alpha value is -2.68. The highest BCUT2D eigenvalue weighted by Gasteiger charge is 2.20. The molecule has 0 unspecified atom stereocenters. The van der Waals surface area contributed by atoms with Crippen molar-refractivity contribution < 1.29 is 23.2 Å². The molecule has 0 fully saturated rings. The van der Waals surface area contributed by atoms with Crippen LogP contribution in [-0.4, -0.2) is 23.2 Å². The summed E-state index contributed by atoms with van der Waals surface area (Å²) in [5.74, 6) is -0.936. The molecule has 25 heavy (non-hydrogen) atoms. The molecule has 0 spiro atoms. The van der Waals surface area contributed by atoms with Crippen molar-refractivity contribution in [2.45, 2.75) is 4.90 Å². The van der Waals surface area contributed by atoms with E-state index in [4.69, 9.17) is 16.2 Å². The van der Waals surface area contributed by atoms with Crippen molar-refractivity contribution in [2.75, 3.05) is 0 Å². The van der Waals surface area contributed by atoms with Gasteiger partial charge in [0.2, 0.25) is 0 Å². The molecular formula is C16H11ClN2O5S. The van der Waals surface area contributed by atoms with Gasteiger partial charge in [0, 0.05) is 10.4 Å². The van der Waals surface area contributed by atoms with Crippen LogP contribution in [0.2, 0.25) is 5.02 Å². The van der Waals surface area contributed by atoms with Crippen molar-refractivity contribution >= 4 is 43.9 Å². The minimum absolute atomic E-state index is 0.0680. The molecule has 0 aliphatic carbocycles. The van der Waals surface area contributed by atoms with Crippen LogP contribution in [0, 0.1) is 0 Å². The lowest BCUT2D eigenvalue weighted by molar-refractivity contribution is 0.444. The summed E-state index contributed by atoms with van der Waals surface area (Å²) in [6, 6.07) is 12.3. The maximum atomic E-state index is 11.3. The molecule has 0 saturated heterocycles. The first kappa shape index (κ1) is 17.2. The van der Waals surface area contributed by atoms with Gasteiger partial charge >= 0.3 is 0 Å². The van der Waals surface area contributed by atoms with Gasteiger partial charge in [0.25, 0.3) is 10.1 Å². The first-order chi connectivity index (χ1) is 11.8. The molecule has 0 aromatic heterocycles. The molecule has 0 amide bonds. The number of aromatic hydroxyl groups is 2. The maximum absolute atomic E-state index is 11.3. The van der Waals surface area contributed by atoms with E-state index in [2.05, 4.69) is 10.2 Å². The molecule has 0 radical (unpaired) electrons. The van der Waals surface area contributed by atoms with E-state index in [9.17, 15) is 18.6 Å². The highest BCUT2D eigenvalue weighted by Crippen LogP contribution is 2.40. The van der Waals surface area contributed by atoms with E-state index in [0.29, 0.717) is 5.39 Å². The predicted molar refractivity (Wildman–Crippen MR) is 92.7 cm³/mol.